The molecule has 0 aliphatic carbocycles. The molecule has 0 amide bonds. The van der Waals surface area contributed by atoms with Gasteiger partial charge in [0.05, 0.1) is 25.9 Å². The summed E-state index contributed by atoms with van der Waals surface area (Å²) in [7, 11) is 0. The Morgan fingerprint density at radius 2 is 1.29 bits per heavy atom. The molecule has 0 heterocycles. The van der Waals surface area contributed by atoms with Gasteiger partial charge in [0.15, 0.2) is 0 Å². The Kier molecular flexibility index (Phi) is 5.60. The van der Waals surface area contributed by atoms with Crippen molar-refractivity contribution in [2.75, 3.05) is 18.1 Å². The predicted octanol–water partition coefficient (Wildman–Crippen LogP) is 2.97. The smallest absolute Gasteiger partial charge is 0.0785 e. The van der Waals surface area contributed by atoms with E-state index in [1.54, 1.807) is 0 Å². The summed E-state index contributed by atoms with van der Waals surface area (Å²) < 4.78 is 11.4. The zero-order valence-electron chi connectivity index (χ0n) is 12.3. The summed E-state index contributed by atoms with van der Waals surface area (Å²) in [5.41, 5.74) is 15.0. The maximum atomic E-state index is 5.74. The molecule has 2 aromatic rings. The molecule has 2 rings (SSSR count). The first-order valence-corrected chi connectivity index (χ1v) is 7.01. The average Bonchev–Trinajstić information content (AvgIpc) is 2.49. The summed E-state index contributed by atoms with van der Waals surface area (Å²) in [5, 5.41) is 0. The largest absolute Gasteiger partial charge is 0.399 e. The molecule has 0 spiro atoms. The van der Waals surface area contributed by atoms with E-state index in [1.807, 2.05) is 55.5 Å². The molecule has 0 saturated heterocycles. The third-order valence-corrected chi connectivity index (χ3v) is 3.12. The Labute approximate surface area is 125 Å². The summed E-state index contributed by atoms with van der Waals surface area (Å²) in [6.07, 6.45) is 0.0383. The van der Waals surface area contributed by atoms with Gasteiger partial charge in [-0.2, -0.15) is 0 Å². The zero-order chi connectivity index (χ0) is 15.1. The van der Waals surface area contributed by atoms with Gasteiger partial charge in [-0.3, -0.25) is 0 Å². The van der Waals surface area contributed by atoms with Crippen LogP contribution in [0.4, 0.5) is 11.4 Å². The maximum absolute atomic E-state index is 5.74. The maximum Gasteiger partial charge on any atom is 0.0785 e. The van der Waals surface area contributed by atoms with Crippen LogP contribution in [-0.4, -0.2) is 12.7 Å². The highest BCUT2D eigenvalue weighted by Gasteiger charge is 2.03. The molecule has 21 heavy (non-hydrogen) atoms. The van der Waals surface area contributed by atoms with Gasteiger partial charge in [-0.25, -0.2) is 0 Å². The van der Waals surface area contributed by atoms with Crippen molar-refractivity contribution in [3.63, 3.8) is 0 Å². The monoisotopic (exact) mass is 286 g/mol. The SMILES string of the molecule is CC(COCc1ccc(N)cc1)OCc1ccc(N)cc1. The molecule has 4 heteroatoms. The van der Waals surface area contributed by atoms with Gasteiger partial charge in [-0.15, -0.1) is 0 Å². The van der Waals surface area contributed by atoms with E-state index >= 15 is 0 Å². The van der Waals surface area contributed by atoms with Crippen molar-refractivity contribution in [2.24, 2.45) is 0 Å². The van der Waals surface area contributed by atoms with Gasteiger partial charge in [-0.05, 0) is 42.3 Å². The van der Waals surface area contributed by atoms with E-state index in [4.69, 9.17) is 20.9 Å². The first kappa shape index (κ1) is 15.4. The molecule has 112 valence electrons. The summed E-state index contributed by atoms with van der Waals surface area (Å²) in [6.45, 7) is 3.68. The highest BCUT2D eigenvalue weighted by molar-refractivity contribution is 5.39. The lowest BCUT2D eigenvalue weighted by Gasteiger charge is -2.14. The Bertz CT molecular complexity index is 538. The van der Waals surface area contributed by atoms with Crippen molar-refractivity contribution < 1.29 is 9.47 Å². The number of hydrogen-bond acceptors (Lipinski definition) is 4. The lowest BCUT2D eigenvalue weighted by molar-refractivity contribution is -0.0197. The molecule has 0 bridgehead atoms. The van der Waals surface area contributed by atoms with Crippen molar-refractivity contribution in [1.29, 1.82) is 0 Å². The van der Waals surface area contributed by atoms with E-state index in [9.17, 15) is 0 Å². The van der Waals surface area contributed by atoms with E-state index in [0.29, 0.717) is 19.8 Å². The van der Waals surface area contributed by atoms with Crippen molar-refractivity contribution in [1.82, 2.24) is 0 Å². The second-order valence-electron chi connectivity index (χ2n) is 5.12. The van der Waals surface area contributed by atoms with Crippen molar-refractivity contribution in [2.45, 2.75) is 26.2 Å². The van der Waals surface area contributed by atoms with Crippen LogP contribution in [0, 0.1) is 0 Å². The van der Waals surface area contributed by atoms with Crippen LogP contribution in [0.1, 0.15) is 18.1 Å². The number of anilines is 2. The van der Waals surface area contributed by atoms with Crippen LogP contribution in [0.3, 0.4) is 0 Å². The van der Waals surface area contributed by atoms with Crippen LogP contribution in [0.2, 0.25) is 0 Å². The van der Waals surface area contributed by atoms with Crippen LogP contribution in [0.25, 0.3) is 0 Å². The Hall–Kier alpha value is -2.04. The first-order chi connectivity index (χ1) is 10.1. The van der Waals surface area contributed by atoms with Gasteiger partial charge in [0.25, 0.3) is 0 Å². The molecular weight excluding hydrogens is 264 g/mol. The third-order valence-electron chi connectivity index (χ3n) is 3.12. The quantitative estimate of drug-likeness (QED) is 0.768. The first-order valence-electron chi connectivity index (χ1n) is 7.01. The van der Waals surface area contributed by atoms with Crippen LogP contribution >= 0.6 is 0 Å². The molecule has 0 saturated carbocycles. The molecule has 0 aliphatic rings. The number of nitrogens with two attached hydrogens (primary N) is 2. The van der Waals surface area contributed by atoms with Crippen molar-refractivity contribution in [3.8, 4) is 0 Å². The normalized spacial score (nSPS) is 12.2. The van der Waals surface area contributed by atoms with Crippen LogP contribution in [0.5, 0.6) is 0 Å². The van der Waals surface area contributed by atoms with Crippen LogP contribution in [0.15, 0.2) is 48.5 Å². The topological polar surface area (TPSA) is 70.5 Å². The second-order valence-corrected chi connectivity index (χ2v) is 5.12. The van der Waals surface area contributed by atoms with E-state index in [2.05, 4.69) is 0 Å². The highest BCUT2D eigenvalue weighted by atomic mass is 16.5. The molecule has 0 aromatic heterocycles. The second kappa shape index (κ2) is 7.67. The van der Waals surface area contributed by atoms with E-state index in [1.165, 1.54) is 0 Å². The third kappa shape index (κ3) is 5.45. The fourth-order valence-electron chi connectivity index (χ4n) is 1.86. The number of rotatable bonds is 7. The lowest BCUT2D eigenvalue weighted by atomic mass is 10.2. The van der Waals surface area contributed by atoms with Crippen molar-refractivity contribution in [3.05, 3.63) is 59.7 Å². The van der Waals surface area contributed by atoms with Gasteiger partial charge >= 0.3 is 0 Å². The number of hydrogen-bond donors (Lipinski definition) is 2. The summed E-state index contributed by atoms with van der Waals surface area (Å²) in [5.74, 6) is 0. The standard InChI is InChI=1S/C17H22N2O2/c1-13(21-12-15-4-8-17(19)9-5-15)10-20-11-14-2-6-16(18)7-3-14/h2-9,13H,10-12,18-19H2,1H3. The fraction of sp³-hybridized carbons (Fsp3) is 0.294. The van der Waals surface area contributed by atoms with Gasteiger partial charge in [0.2, 0.25) is 0 Å². The van der Waals surface area contributed by atoms with E-state index < -0.39 is 0 Å². The molecule has 0 fully saturated rings. The Balaban J connectivity index is 1.66. The number of benzene rings is 2. The molecule has 4 nitrogen and oxygen atoms in total. The van der Waals surface area contributed by atoms with Gasteiger partial charge < -0.3 is 20.9 Å². The number of ether oxygens (including phenoxy) is 2. The minimum Gasteiger partial charge on any atom is -0.399 e. The molecule has 0 aliphatic heterocycles. The van der Waals surface area contributed by atoms with Gasteiger partial charge in [0.1, 0.15) is 0 Å². The van der Waals surface area contributed by atoms with Gasteiger partial charge in [0, 0.05) is 11.4 Å². The minimum absolute atomic E-state index is 0.0383. The lowest BCUT2D eigenvalue weighted by Crippen LogP contribution is -2.15. The summed E-state index contributed by atoms with van der Waals surface area (Å²) >= 11 is 0. The minimum atomic E-state index is 0.0383. The molecule has 1 unspecified atom stereocenters. The molecule has 2 aromatic carbocycles. The van der Waals surface area contributed by atoms with Crippen molar-refractivity contribution >= 4 is 11.4 Å². The molecular formula is C17H22N2O2. The zero-order valence-corrected chi connectivity index (χ0v) is 12.3. The summed E-state index contributed by atoms with van der Waals surface area (Å²) in [6, 6.07) is 15.4. The number of nitrogen functional groups attached to an aromatic ring is 2. The Morgan fingerprint density at radius 1 is 0.810 bits per heavy atom. The van der Waals surface area contributed by atoms with Crippen LogP contribution in [-0.2, 0) is 22.7 Å². The Morgan fingerprint density at radius 3 is 1.81 bits per heavy atom. The van der Waals surface area contributed by atoms with Crippen LogP contribution < -0.4 is 11.5 Å². The average molecular weight is 286 g/mol. The van der Waals surface area contributed by atoms with E-state index in [-0.39, 0.29) is 6.10 Å². The van der Waals surface area contributed by atoms with Gasteiger partial charge in [-0.1, -0.05) is 24.3 Å². The molecule has 0 radical (unpaired) electrons. The molecule has 1 atom stereocenters. The van der Waals surface area contributed by atoms with E-state index in [0.717, 1.165) is 22.5 Å². The molecule has 4 N–H and O–H groups in total. The summed E-state index contributed by atoms with van der Waals surface area (Å²) in [4.78, 5) is 0. The fourth-order valence-corrected chi connectivity index (χ4v) is 1.86. The predicted molar refractivity (Wildman–Crippen MR) is 85.6 cm³/mol. The highest BCUT2D eigenvalue weighted by Crippen LogP contribution is 2.09.